The van der Waals surface area contributed by atoms with Crippen molar-refractivity contribution >= 4 is 54.6 Å². The summed E-state index contributed by atoms with van der Waals surface area (Å²) in [6, 6.07) is 69.3. The minimum atomic E-state index is 0.567. The van der Waals surface area contributed by atoms with Crippen molar-refractivity contribution in [2.75, 3.05) is 0 Å². The molecule has 5 heteroatoms. The predicted molar refractivity (Wildman–Crippen MR) is 245 cm³/mol. The first-order valence-corrected chi connectivity index (χ1v) is 20.1. The maximum absolute atomic E-state index is 6.53. The van der Waals surface area contributed by atoms with Crippen LogP contribution in [0.25, 0.3) is 122 Å². The Morgan fingerprint density at radius 1 is 0.283 bits per heavy atom. The highest BCUT2D eigenvalue weighted by atomic mass is 16.3. The third-order valence-corrected chi connectivity index (χ3v) is 11.5. The van der Waals surface area contributed by atoms with Crippen LogP contribution in [0, 0.1) is 0 Å². The van der Waals surface area contributed by atoms with E-state index < -0.39 is 0 Å². The van der Waals surface area contributed by atoms with Gasteiger partial charge in [0, 0.05) is 43.8 Å². The van der Waals surface area contributed by atoms with Crippen LogP contribution in [0.4, 0.5) is 0 Å². The molecule has 12 rings (SSSR count). The number of fused-ring (bicyclic) bond motifs is 8. The maximum Gasteiger partial charge on any atom is 0.164 e. The number of nitrogens with zero attached hydrogens (tertiary/aromatic N) is 3. The zero-order valence-corrected chi connectivity index (χ0v) is 32.2. The van der Waals surface area contributed by atoms with Gasteiger partial charge in [-0.1, -0.05) is 158 Å². The van der Waals surface area contributed by atoms with Crippen LogP contribution in [0.2, 0.25) is 0 Å². The maximum atomic E-state index is 6.53. The van der Waals surface area contributed by atoms with E-state index in [1.54, 1.807) is 0 Å². The fourth-order valence-corrected chi connectivity index (χ4v) is 8.76. The number of hydrogen-bond donors (Lipinski definition) is 0. The van der Waals surface area contributed by atoms with Crippen LogP contribution < -0.4 is 0 Å². The zero-order valence-electron chi connectivity index (χ0n) is 32.2. The van der Waals surface area contributed by atoms with Gasteiger partial charge in [0.1, 0.15) is 22.3 Å². The lowest BCUT2D eigenvalue weighted by Crippen LogP contribution is -2.02. The normalized spacial score (nSPS) is 11.7. The second-order valence-corrected chi connectivity index (χ2v) is 15.1. The van der Waals surface area contributed by atoms with Crippen LogP contribution >= 0.6 is 0 Å². The summed E-state index contributed by atoms with van der Waals surface area (Å²) in [7, 11) is 0. The SMILES string of the molecule is c1ccc(-c2cc(-c3ccc4oc5ccccc5c4c3)c(-c3ccccc3)c(-c3nc(-c4ccccc4)nc(-c4cccc5oc6ccc7ccccc7c6c45)n3)c2)cc1. The van der Waals surface area contributed by atoms with E-state index in [9.17, 15) is 0 Å². The van der Waals surface area contributed by atoms with Crippen LogP contribution in [-0.4, -0.2) is 15.0 Å². The van der Waals surface area contributed by atoms with Gasteiger partial charge in [-0.15, -0.1) is 0 Å². The van der Waals surface area contributed by atoms with Crippen LogP contribution in [0.5, 0.6) is 0 Å². The molecule has 0 aliphatic heterocycles. The number of aromatic nitrogens is 3. The molecule has 60 heavy (non-hydrogen) atoms. The van der Waals surface area contributed by atoms with E-state index in [4.69, 9.17) is 23.8 Å². The molecule has 5 nitrogen and oxygen atoms in total. The first-order chi connectivity index (χ1) is 29.7. The molecular formula is C55H33N3O2. The lowest BCUT2D eigenvalue weighted by atomic mass is 9.86. The van der Waals surface area contributed by atoms with Crippen molar-refractivity contribution < 1.29 is 8.83 Å². The molecule has 9 aromatic carbocycles. The van der Waals surface area contributed by atoms with Gasteiger partial charge in [0.05, 0.1) is 0 Å². The summed E-state index contributed by atoms with van der Waals surface area (Å²) in [5.41, 5.74) is 12.3. The second kappa shape index (κ2) is 13.8. The van der Waals surface area contributed by atoms with Gasteiger partial charge in [-0.05, 0) is 81.1 Å². The van der Waals surface area contributed by atoms with Gasteiger partial charge in [-0.25, -0.2) is 15.0 Å². The quantitative estimate of drug-likeness (QED) is 0.169. The van der Waals surface area contributed by atoms with Crippen molar-refractivity contribution in [1.29, 1.82) is 0 Å². The molecule has 12 aromatic rings. The van der Waals surface area contributed by atoms with Crippen molar-refractivity contribution in [1.82, 2.24) is 15.0 Å². The van der Waals surface area contributed by atoms with E-state index in [0.29, 0.717) is 17.5 Å². The van der Waals surface area contributed by atoms with Crippen molar-refractivity contribution in [2.24, 2.45) is 0 Å². The molecule has 0 radical (unpaired) electrons. The zero-order chi connectivity index (χ0) is 39.6. The average molecular weight is 768 g/mol. The van der Waals surface area contributed by atoms with Gasteiger partial charge in [0.15, 0.2) is 17.5 Å². The van der Waals surface area contributed by atoms with Gasteiger partial charge in [0.2, 0.25) is 0 Å². The van der Waals surface area contributed by atoms with E-state index in [1.165, 1.54) is 0 Å². The van der Waals surface area contributed by atoms with Crippen molar-refractivity contribution in [2.45, 2.75) is 0 Å². The Balaban J connectivity index is 1.19. The number of rotatable bonds is 6. The minimum absolute atomic E-state index is 0.567. The van der Waals surface area contributed by atoms with Crippen molar-refractivity contribution in [3.63, 3.8) is 0 Å². The van der Waals surface area contributed by atoms with Gasteiger partial charge >= 0.3 is 0 Å². The Morgan fingerprint density at radius 2 is 0.850 bits per heavy atom. The highest BCUT2D eigenvalue weighted by Crippen LogP contribution is 2.45. The van der Waals surface area contributed by atoms with Gasteiger partial charge in [-0.3, -0.25) is 0 Å². The summed E-state index contributed by atoms with van der Waals surface area (Å²) < 4.78 is 12.8. The summed E-state index contributed by atoms with van der Waals surface area (Å²) in [5.74, 6) is 1.72. The molecule has 3 aromatic heterocycles. The summed E-state index contributed by atoms with van der Waals surface area (Å²) in [5, 5.41) is 6.43. The van der Waals surface area contributed by atoms with Crippen molar-refractivity contribution in [3.05, 3.63) is 200 Å². The van der Waals surface area contributed by atoms with Crippen LogP contribution in [-0.2, 0) is 0 Å². The minimum Gasteiger partial charge on any atom is -0.456 e. The highest BCUT2D eigenvalue weighted by Gasteiger charge is 2.23. The first-order valence-electron chi connectivity index (χ1n) is 20.1. The van der Waals surface area contributed by atoms with Gasteiger partial charge in [0.25, 0.3) is 0 Å². The van der Waals surface area contributed by atoms with Gasteiger partial charge < -0.3 is 8.83 Å². The Labute approximate surface area is 344 Å². The Kier molecular flexibility index (Phi) is 7.78. The molecule has 0 amide bonds. The lowest BCUT2D eigenvalue weighted by molar-refractivity contribution is 0.668. The monoisotopic (exact) mass is 767 g/mol. The fourth-order valence-electron chi connectivity index (χ4n) is 8.76. The third-order valence-electron chi connectivity index (χ3n) is 11.5. The molecule has 0 atom stereocenters. The van der Waals surface area contributed by atoms with E-state index in [1.807, 2.05) is 42.5 Å². The Morgan fingerprint density at radius 3 is 1.65 bits per heavy atom. The molecule has 3 heterocycles. The van der Waals surface area contributed by atoms with Gasteiger partial charge in [-0.2, -0.15) is 0 Å². The van der Waals surface area contributed by atoms with Crippen molar-refractivity contribution in [3.8, 4) is 67.5 Å². The van der Waals surface area contributed by atoms with E-state index in [0.717, 1.165) is 105 Å². The molecule has 0 saturated heterocycles. The Hall–Kier alpha value is -8.15. The standard InChI is InChI=1S/C55H33N3O2/c1-4-15-34(16-5-1)39-32-43(38-28-29-47-44(31-38)41-23-12-13-25-46(41)59-47)50(36-18-6-2-7-19-36)45(33-39)55-57-53(37-20-8-3-9-21-37)56-54(58-55)42-24-14-26-48-52(42)51-40-22-11-10-17-35(40)27-30-49(51)60-48/h1-33H. The van der Waals surface area contributed by atoms with E-state index in [-0.39, 0.29) is 0 Å². The summed E-state index contributed by atoms with van der Waals surface area (Å²) >= 11 is 0. The third kappa shape index (κ3) is 5.59. The predicted octanol–water partition coefficient (Wildman–Crippen LogP) is 14.8. The van der Waals surface area contributed by atoms with E-state index >= 15 is 0 Å². The molecular weight excluding hydrogens is 735 g/mol. The molecule has 0 saturated carbocycles. The number of para-hydroxylation sites is 1. The summed E-state index contributed by atoms with van der Waals surface area (Å²) in [6.45, 7) is 0. The molecule has 0 unspecified atom stereocenters. The fraction of sp³-hybridized carbons (Fsp3) is 0. The molecule has 0 fully saturated rings. The van der Waals surface area contributed by atoms with Crippen LogP contribution in [0.1, 0.15) is 0 Å². The molecule has 0 N–H and O–H groups in total. The number of furan rings is 2. The molecule has 0 aliphatic carbocycles. The summed E-state index contributed by atoms with van der Waals surface area (Å²) in [6.07, 6.45) is 0. The molecule has 0 aliphatic rings. The molecule has 280 valence electrons. The average Bonchev–Trinajstić information content (AvgIpc) is 3.90. The smallest absolute Gasteiger partial charge is 0.164 e. The molecule has 0 spiro atoms. The first kappa shape index (κ1) is 33.9. The topological polar surface area (TPSA) is 65.0 Å². The highest BCUT2D eigenvalue weighted by molar-refractivity contribution is 6.22. The second-order valence-electron chi connectivity index (χ2n) is 15.1. The summed E-state index contributed by atoms with van der Waals surface area (Å²) in [4.78, 5) is 16.1. The van der Waals surface area contributed by atoms with Crippen LogP contribution in [0.3, 0.4) is 0 Å². The van der Waals surface area contributed by atoms with Crippen LogP contribution in [0.15, 0.2) is 209 Å². The lowest BCUT2D eigenvalue weighted by Gasteiger charge is -2.19. The largest absolute Gasteiger partial charge is 0.456 e. The number of benzene rings is 9. The number of hydrogen-bond acceptors (Lipinski definition) is 5. The molecule has 0 bridgehead atoms. The van der Waals surface area contributed by atoms with E-state index in [2.05, 4.69) is 158 Å². The Bertz CT molecular complexity index is 3590.